The average molecular weight is 585 g/mol. The van der Waals surface area contributed by atoms with Crippen molar-refractivity contribution in [1.29, 1.82) is 0 Å². The maximum absolute atomic E-state index is 0. The molecule has 0 aromatic heterocycles. The van der Waals surface area contributed by atoms with Gasteiger partial charge >= 0.3 is 0 Å². The molecular weight excluding hydrogens is 585 g/mol. The van der Waals surface area contributed by atoms with E-state index in [2.05, 4.69) is 0 Å². The second kappa shape index (κ2) is 70.5. The largest absolute Gasteiger partial charge is 0 e. The summed E-state index contributed by atoms with van der Waals surface area (Å²) in [6, 6.07) is 0. The third-order valence-electron chi connectivity index (χ3n) is 0. The van der Waals surface area contributed by atoms with Gasteiger partial charge in [-0.1, -0.05) is 0 Å². The molecule has 9 heavy (non-hydrogen) atoms. The minimum Gasteiger partial charge on any atom is 0 e. The molecule has 0 aliphatic rings. The zero-order valence-electron chi connectivity index (χ0n) is 3.48. The molecule has 0 saturated heterocycles. The van der Waals surface area contributed by atoms with E-state index in [1.54, 1.807) is 0 Å². The van der Waals surface area contributed by atoms with Crippen molar-refractivity contribution >= 4 is 0 Å². The van der Waals surface area contributed by atoms with Gasteiger partial charge in [0.25, 0.3) is 0 Å². The van der Waals surface area contributed by atoms with Crippen LogP contribution in [-0.2, 0) is 172 Å². The summed E-state index contributed by atoms with van der Waals surface area (Å²) in [4.78, 5) is 0. The Balaban J connectivity index is 0. The molecule has 0 nitrogen and oxygen atoms in total. The Bertz CT molecular complexity index is 28.5. The van der Waals surface area contributed by atoms with Crippen molar-refractivity contribution in [3.05, 3.63) is 0 Å². The van der Waals surface area contributed by atoms with Crippen LogP contribution in [0.3, 0.4) is 0 Å². The van der Waals surface area contributed by atoms with E-state index in [9.17, 15) is 0 Å². The van der Waals surface area contributed by atoms with Gasteiger partial charge < -0.3 is 0 Å². The second-order valence-electron chi connectivity index (χ2n) is 0. The molecule has 9 heteroatoms. The molecule has 0 aliphatic carbocycles. The summed E-state index contributed by atoms with van der Waals surface area (Å²) in [6.45, 7) is 0. The molecular formula is CoCrCuFeNiPdTiVZr. The number of hydrogen-bond donors (Lipinski definition) is 0. The summed E-state index contributed by atoms with van der Waals surface area (Å²) in [5, 5.41) is 0. The van der Waals surface area contributed by atoms with Crippen LogP contribution in [0.2, 0.25) is 0 Å². The minimum atomic E-state index is 0. The molecule has 0 N–H and O–H groups in total. The Morgan fingerprint density at radius 1 is 1.00 bits per heavy atom. The Kier molecular flexibility index (Phi) is 693. The van der Waals surface area contributed by atoms with Gasteiger partial charge in [-0.2, -0.15) is 0 Å². The Hall–Kier alpha value is 5.42. The van der Waals surface area contributed by atoms with E-state index in [1.807, 2.05) is 0 Å². The first kappa shape index (κ1) is 88.5. The predicted octanol–water partition coefficient (Wildman–Crippen LogP) is -0.0225. The normalized spacial score (nSPS) is 0. The molecule has 0 spiro atoms. The summed E-state index contributed by atoms with van der Waals surface area (Å²) >= 11 is 0. The maximum atomic E-state index is 0. The van der Waals surface area contributed by atoms with Crippen molar-refractivity contribution in [2.45, 2.75) is 0 Å². The van der Waals surface area contributed by atoms with Crippen molar-refractivity contribution < 1.29 is 172 Å². The predicted molar refractivity (Wildman–Crippen MR) is 0 cm³/mol. The van der Waals surface area contributed by atoms with E-state index in [4.69, 9.17) is 0 Å². The standard InChI is InChI=1S/Co.Cr.Cu.Fe.Ni.Pd.Ti.V.Zr. The maximum Gasteiger partial charge on any atom is 0 e. The van der Waals surface area contributed by atoms with Gasteiger partial charge in [-0.05, 0) is 0 Å². The molecule has 0 bridgehead atoms. The molecule has 0 amide bonds. The molecule has 67 valence electrons. The fourth-order valence-corrected chi connectivity index (χ4v) is 0. The van der Waals surface area contributed by atoms with Crippen molar-refractivity contribution in [2.75, 3.05) is 0 Å². The molecule has 0 aromatic rings. The van der Waals surface area contributed by atoms with E-state index in [-0.39, 0.29) is 172 Å². The summed E-state index contributed by atoms with van der Waals surface area (Å²) in [7, 11) is 0. The van der Waals surface area contributed by atoms with Crippen molar-refractivity contribution in [3.63, 3.8) is 0 Å². The first-order valence-electron chi connectivity index (χ1n) is 0. The first-order chi connectivity index (χ1) is 0. The van der Waals surface area contributed by atoms with E-state index >= 15 is 0 Å². The molecule has 0 saturated carbocycles. The van der Waals surface area contributed by atoms with Crippen LogP contribution in [0, 0.1) is 0 Å². The van der Waals surface area contributed by atoms with Crippen molar-refractivity contribution in [3.8, 4) is 0 Å². The fraction of sp³-hybridized carbons (Fsp3) is 0. The van der Waals surface area contributed by atoms with Crippen LogP contribution in [0.5, 0.6) is 0 Å². The summed E-state index contributed by atoms with van der Waals surface area (Å²) in [5.41, 5.74) is 0. The zero-order valence-corrected chi connectivity index (χ0v) is 15.8. The van der Waals surface area contributed by atoms with Crippen LogP contribution in [0.1, 0.15) is 0 Å². The smallest absolute Gasteiger partial charge is 0 e. The monoisotopic (exact) mass is 582 g/mol. The van der Waals surface area contributed by atoms with Crippen LogP contribution in [0.25, 0.3) is 0 Å². The fourth-order valence-electron chi connectivity index (χ4n) is 0. The van der Waals surface area contributed by atoms with E-state index in [0.29, 0.717) is 0 Å². The summed E-state index contributed by atoms with van der Waals surface area (Å²) in [6.07, 6.45) is 0. The Labute approximate surface area is 168 Å². The van der Waals surface area contributed by atoms with Crippen LogP contribution in [0.4, 0.5) is 0 Å². The molecule has 0 unspecified atom stereocenters. The van der Waals surface area contributed by atoms with Crippen LogP contribution < -0.4 is 0 Å². The summed E-state index contributed by atoms with van der Waals surface area (Å²) < 4.78 is 0. The third kappa shape index (κ3) is 59.6. The minimum absolute atomic E-state index is 0. The number of rotatable bonds is 0. The first-order valence-corrected chi connectivity index (χ1v) is 0. The Morgan fingerprint density at radius 2 is 1.00 bits per heavy atom. The zero-order chi connectivity index (χ0) is 0. The van der Waals surface area contributed by atoms with Crippen molar-refractivity contribution in [1.82, 2.24) is 0 Å². The molecule has 0 aliphatic heterocycles. The van der Waals surface area contributed by atoms with E-state index < -0.39 is 0 Å². The van der Waals surface area contributed by atoms with E-state index in [0.717, 1.165) is 0 Å². The van der Waals surface area contributed by atoms with Gasteiger partial charge in [0.05, 0.1) is 0 Å². The van der Waals surface area contributed by atoms with Crippen LogP contribution in [0.15, 0.2) is 0 Å². The van der Waals surface area contributed by atoms with Gasteiger partial charge in [-0.15, -0.1) is 0 Å². The van der Waals surface area contributed by atoms with E-state index in [1.165, 1.54) is 0 Å². The molecule has 3 radical (unpaired) electrons. The quantitative estimate of drug-likeness (QED) is 0.351. The molecule has 0 aromatic carbocycles. The van der Waals surface area contributed by atoms with Crippen LogP contribution >= 0.6 is 0 Å². The van der Waals surface area contributed by atoms with Gasteiger partial charge in [0.2, 0.25) is 0 Å². The third-order valence-corrected chi connectivity index (χ3v) is 0. The van der Waals surface area contributed by atoms with Gasteiger partial charge in [0.1, 0.15) is 0 Å². The molecule has 0 fully saturated rings. The molecule has 0 heterocycles. The average Bonchev–Trinajstić information content (AvgIpc) is 0. The summed E-state index contributed by atoms with van der Waals surface area (Å²) in [5.74, 6) is 0. The van der Waals surface area contributed by atoms with Gasteiger partial charge in [0.15, 0.2) is 0 Å². The topological polar surface area (TPSA) is 0 Å². The Morgan fingerprint density at radius 3 is 1.00 bits per heavy atom. The SMILES string of the molecule is [Co].[Cr].[Cu].[Fe].[Ni].[Pd].[Ti].[V].[Zr]. The van der Waals surface area contributed by atoms with Gasteiger partial charge in [0, 0.05) is 172 Å². The number of hydrogen-bond acceptors (Lipinski definition) is 0. The van der Waals surface area contributed by atoms with Crippen molar-refractivity contribution in [2.24, 2.45) is 0 Å². The van der Waals surface area contributed by atoms with Gasteiger partial charge in [-0.25, -0.2) is 0 Å². The second-order valence-corrected chi connectivity index (χ2v) is 0. The van der Waals surface area contributed by atoms with Gasteiger partial charge in [-0.3, -0.25) is 0 Å². The molecule has 0 atom stereocenters. The molecule has 0 rings (SSSR count). The van der Waals surface area contributed by atoms with Crippen LogP contribution in [-0.4, -0.2) is 0 Å².